The van der Waals surface area contributed by atoms with E-state index in [0.717, 1.165) is 23.1 Å². The van der Waals surface area contributed by atoms with Crippen molar-refractivity contribution in [3.63, 3.8) is 0 Å². The lowest BCUT2D eigenvalue weighted by Crippen LogP contribution is -2.76. The van der Waals surface area contributed by atoms with Gasteiger partial charge in [-0.3, -0.25) is 0 Å². The Balaban J connectivity index is 1.39. The summed E-state index contributed by atoms with van der Waals surface area (Å²) in [4.78, 5) is 0. The van der Waals surface area contributed by atoms with Gasteiger partial charge in [-0.25, -0.2) is 22.2 Å². The molecular formula is C21H17F7N6O2. The molecule has 0 spiro atoms. The van der Waals surface area contributed by atoms with E-state index in [0.29, 0.717) is 6.07 Å². The third-order valence-electron chi connectivity index (χ3n) is 6.94. The second-order valence-electron chi connectivity index (χ2n) is 9.32. The van der Waals surface area contributed by atoms with Gasteiger partial charge in [-0.15, -0.1) is 10.2 Å². The summed E-state index contributed by atoms with van der Waals surface area (Å²) in [6.45, 7) is -2.46. The highest BCUT2D eigenvalue weighted by Gasteiger charge is 2.82. The molecule has 0 radical (unpaired) electrons. The van der Waals surface area contributed by atoms with Gasteiger partial charge in [-0.05, 0) is 47.9 Å². The summed E-state index contributed by atoms with van der Waals surface area (Å²) in [6.07, 6.45) is -4.03. The molecule has 0 amide bonds. The predicted octanol–water partition coefficient (Wildman–Crippen LogP) is 3.33. The molecule has 3 aliphatic carbocycles. The Morgan fingerprint density at radius 2 is 1.72 bits per heavy atom. The van der Waals surface area contributed by atoms with Gasteiger partial charge in [0.05, 0.1) is 12.2 Å². The SMILES string of the molecule is O[C@](Cn1cnnn1)(c1ccc(F)cc1F)C(F)(F)C12CC(c3ccc(OCC(F)(F)F)nn3)(C1)C2. The molecule has 192 valence electrons. The van der Waals surface area contributed by atoms with Crippen LogP contribution in [-0.4, -0.2) is 54.2 Å². The summed E-state index contributed by atoms with van der Waals surface area (Å²) in [5.41, 5.74) is -6.22. The van der Waals surface area contributed by atoms with Gasteiger partial charge in [0.25, 0.3) is 5.92 Å². The van der Waals surface area contributed by atoms with Crippen LogP contribution in [0.5, 0.6) is 5.88 Å². The molecule has 3 saturated carbocycles. The number of rotatable bonds is 8. The van der Waals surface area contributed by atoms with E-state index in [-0.39, 0.29) is 30.8 Å². The molecule has 6 rings (SSSR count). The second kappa shape index (κ2) is 7.82. The summed E-state index contributed by atoms with van der Waals surface area (Å²) >= 11 is 0. The zero-order valence-corrected chi connectivity index (χ0v) is 18.2. The van der Waals surface area contributed by atoms with Crippen LogP contribution in [0.2, 0.25) is 0 Å². The molecule has 8 nitrogen and oxygen atoms in total. The number of halogens is 7. The summed E-state index contributed by atoms with van der Waals surface area (Å²) < 4.78 is 103. The minimum atomic E-state index is -4.56. The Morgan fingerprint density at radius 3 is 2.28 bits per heavy atom. The Bertz CT molecular complexity index is 1250. The molecular weight excluding hydrogens is 501 g/mol. The van der Waals surface area contributed by atoms with Gasteiger partial charge in [0.2, 0.25) is 5.88 Å². The number of tetrazole rings is 1. The van der Waals surface area contributed by atoms with Crippen molar-refractivity contribution in [2.45, 2.75) is 48.9 Å². The minimum Gasteiger partial charge on any atom is -0.467 e. The topological polar surface area (TPSA) is 98.8 Å². The molecule has 1 atom stereocenters. The molecule has 36 heavy (non-hydrogen) atoms. The van der Waals surface area contributed by atoms with Crippen molar-refractivity contribution >= 4 is 0 Å². The van der Waals surface area contributed by atoms with Crippen molar-refractivity contribution in [3.05, 3.63) is 59.6 Å². The first-order chi connectivity index (χ1) is 16.8. The van der Waals surface area contributed by atoms with E-state index >= 15 is 8.78 Å². The average Bonchev–Trinajstić information content (AvgIpc) is 3.23. The third kappa shape index (κ3) is 3.67. The zero-order valence-electron chi connectivity index (χ0n) is 18.2. The predicted molar refractivity (Wildman–Crippen MR) is 105 cm³/mol. The lowest BCUT2D eigenvalue weighted by molar-refractivity contribution is -0.348. The minimum absolute atomic E-state index is 0.148. The number of hydrogen-bond donors (Lipinski definition) is 1. The van der Waals surface area contributed by atoms with Crippen LogP contribution in [0.3, 0.4) is 0 Å². The molecule has 3 aliphatic rings. The van der Waals surface area contributed by atoms with E-state index in [2.05, 4.69) is 30.5 Å². The fourth-order valence-corrected chi connectivity index (χ4v) is 5.33. The highest BCUT2D eigenvalue weighted by atomic mass is 19.4. The lowest BCUT2D eigenvalue weighted by atomic mass is 9.31. The van der Waals surface area contributed by atoms with Crippen LogP contribution in [0.15, 0.2) is 36.7 Å². The van der Waals surface area contributed by atoms with Crippen molar-refractivity contribution in [2.24, 2.45) is 5.41 Å². The van der Waals surface area contributed by atoms with E-state index < -0.39 is 58.9 Å². The molecule has 3 aromatic rings. The van der Waals surface area contributed by atoms with Crippen LogP contribution in [0.1, 0.15) is 30.5 Å². The molecule has 2 aromatic heterocycles. The first-order valence-electron chi connectivity index (χ1n) is 10.6. The second-order valence-corrected chi connectivity index (χ2v) is 9.32. The van der Waals surface area contributed by atoms with Gasteiger partial charge < -0.3 is 9.84 Å². The van der Waals surface area contributed by atoms with E-state index in [9.17, 15) is 27.1 Å². The Kier molecular flexibility index (Phi) is 5.29. The molecule has 0 saturated heterocycles. The van der Waals surface area contributed by atoms with Crippen LogP contribution in [0.25, 0.3) is 0 Å². The first-order valence-corrected chi connectivity index (χ1v) is 10.6. The summed E-state index contributed by atoms with van der Waals surface area (Å²) in [5.74, 6) is -6.65. The number of ether oxygens (including phenoxy) is 1. The number of aliphatic hydroxyl groups is 1. The van der Waals surface area contributed by atoms with Gasteiger partial charge in [-0.2, -0.15) is 18.3 Å². The standard InChI is InChI=1S/C21H17F7N6O2/c22-12-1-2-13(14(23)5-12)19(35,9-34-11-29-32-33-34)21(27,28)18-6-17(7-18,8-18)15-3-4-16(31-30-15)36-10-20(24,25)26/h1-5,11,35H,6-10H2/t17?,18?,19-/m1/s1. The van der Waals surface area contributed by atoms with Gasteiger partial charge in [-0.1, -0.05) is 0 Å². The summed E-state index contributed by atoms with van der Waals surface area (Å²) in [7, 11) is 0. The highest BCUT2D eigenvalue weighted by Crippen LogP contribution is 2.80. The van der Waals surface area contributed by atoms with Crippen LogP contribution < -0.4 is 4.74 Å². The highest BCUT2D eigenvalue weighted by molar-refractivity contribution is 5.40. The monoisotopic (exact) mass is 518 g/mol. The molecule has 2 heterocycles. The van der Waals surface area contributed by atoms with E-state index in [1.54, 1.807) is 0 Å². The lowest BCUT2D eigenvalue weighted by Gasteiger charge is -2.73. The van der Waals surface area contributed by atoms with Crippen molar-refractivity contribution in [3.8, 4) is 5.88 Å². The maximum Gasteiger partial charge on any atom is 0.422 e. The smallest absolute Gasteiger partial charge is 0.422 e. The van der Waals surface area contributed by atoms with Crippen molar-refractivity contribution in [1.82, 2.24) is 30.4 Å². The van der Waals surface area contributed by atoms with Gasteiger partial charge in [0.15, 0.2) is 12.2 Å². The summed E-state index contributed by atoms with van der Waals surface area (Å²) in [6, 6.07) is 4.45. The van der Waals surface area contributed by atoms with E-state index in [1.807, 2.05) is 0 Å². The quantitative estimate of drug-likeness (QED) is 0.457. The molecule has 15 heteroatoms. The first kappa shape index (κ1) is 24.3. The fourth-order valence-electron chi connectivity index (χ4n) is 5.33. The number of aromatic nitrogens is 6. The number of alkyl halides is 5. The van der Waals surface area contributed by atoms with Crippen molar-refractivity contribution < 1.29 is 40.6 Å². The molecule has 1 aromatic carbocycles. The third-order valence-corrected chi connectivity index (χ3v) is 6.94. The Labute approximate surface area is 198 Å². The van der Waals surface area contributed by atoms with Crippen LogP contribution in [0, 0.1) is 17.0 Å². The van der Waals surface area contributed by atoms with E-state index in [1.165, 1.54) is 12.1 Å². The maximum absolute atomic E-state index is 16.1. The van der Waals surface area contributed by atoms with Gasteiger partial charge >= 0.3 is 6.18 Å². The normalized spacial score (nSPS) is 25.0. The number of hydrogen-bond acceptors (Lipinski definition) is 7. The van der Waals surface area contributed by atoms with Gasteiger partial charge in [0, 0.05) is 28.5 Å². The van der Waals surface area contributed by atoms with E-state index in [4.69, 9.17) is 0 Å². The van der Waals surface area contributed by atoms with Crippen molar-refractivity contribution in [2.75, 3.05) is 6.61 Å². The molecule has 2 bridgehead atoms. The average molecular weight is 518 g/mol. The molecule has 0 aliphatic heterocycles. The summed E-state index contributed by atoms with van der Waals surface area (Å²) in [5, 5.41) is 28.9. The number of nitrogens with zero attached hydrogens (tertiary/aromatic N) is 6. The largest absolute Gasteiger partial charge is 0.467 e. The molecule has 0 unspecified atom stereocenters. The zero-order chi connectivity index (χ0) is 26.0. The Morgan fingerprint density at radius 1 is 1.00 bits per heavy atom. The van der Waals surface area contributed by atoms with Gasteiger partial charge in [0.1, 0.15) is 18.0 Å². The number of benzene rings is 1. The van der Waals surface area contributed by atoms with Crippen LogP contribution in [0.4, 0.5) is 30.7 Å². The molecule has 3 fully saturated rings. The Hall–Kier alpha value is -3.36. The fraction of sp³-hybridized carbons (Fsp3) is 0.476. The van der Waals surface area contributed by atoms with Crippen LogP contribution >= 0.6 is 0 Å². The van der Waals surface area contributed by atoms with Crippen molar-refractivity contribution in [1.29, 1.82) is 0 Å². The maximum atomic E-state index is 16.1. The molecule has 1 N–H and O–H groups in total. The van der Waals surface area contributed by atoms with Crippen LogP contribution in [-0.2, 0) is 17.6 Å².